The summed E-state index contributed by atoms with van der Waals surface area (Å²) < 4.78 is 105. The Hall–Kier alpha value is -5.19. The van der Waals surface area contributed by atoms with E-state index in [0.29, 0.717) is 20.1 Å². The van der Waals surface area contributed by atoms with Gasteiger partial charge in [0.2, 0.25) is 5.36 Å². The molecule has 42 heavy (non-hydrogen) atoms. The standard InChI is InChI=1S/C31H15BF6N2O2/c33-18-6-1-4-16(10-18)26-12-22-28(41-26)14-24-31(30-20(35)8-3-9-21(30)36)25-15-29-23(40(25)32(37,38)39(22)24)13-27(42-29)17-5-2-7-19(34)11-17/h1-15H. The van der Waals surface area contributed by atoms with Gasteiger partial charge in [-0.3, -0.25) is 0 Å². The molecule has 6 aromatic rings. The summed E-state index contributed by atoms with van der Waals surface area (Å²) in [6, 6.07) is 18.2. The van der Waals surface area contributed by atoms with Gasteiger partial charge in [0.15, 0.2) is 11.1 Å². The molecule has 5 heterocycles. The second-order valence-electron chi connectivity index (χ2n) is 10.1. The number of hydrogen-bond acceptors (Lipinski definition) is 2. The molecule has 0 spiro atoms. The van der Waals surface area contributed by atoms with Crippen molar-refractivity contribution < 1.29 is 35.0 Å². The molecule has 0 unspecified atom stereocenters. The van der Waals surface area contributed by atoms with Crippen LogP contribution >= 0.6 is 0 Å². The number of hydrogen-bond donors (Lipinski definition) is 0. The van der Waals surface area contributed by atoms with Crippen molar-refractivity contribution in [2.75, 3.05) is 0 Å². The van der Waals surface area contributed by atoms with Crippen LogP contribution in [-0.2, 0) is 0 Å². The topological polar surface area (TPSA) is 34.2 Å². The Morgan fingerprint density at radius 3 is 1.95 bits per heavy atom. The fraction of sp³-hybridized carbons (Fsp3) is 0. The number of rotatable bonds is 3. The monoisotopic (exact) mass is 572 g/mol. The zero-order chi connectivity index (χ0) is 28.9. The maximum absolute atomic E-state index is 16.7. The number of nitrogens with zero attached hydrogens (tertiary/aromatic N) is 2. The average molecular weight is 572 g/mol. The number of allylic oxidation sites excluding steroid dienone is 1. The Kier molecular flexibility index (Phi) is 4.93. The average Bonchev–Trinajstić information content (AvgIpc) is 3.69. The largest absolute Gasteiger partial charge is 0.738 e. The number of fused-ring (bicyclic) bond motifs is 5. The summed E-state index contributed by atoms with van der Waals surface area (Å²) in [4.78, 5) is 0. The third-order valence-corrected chi connectivity index (χ3v) is 7.62. The SMILES string of the molecule is Fc1cccc(-c2cc3c(o2)=CC2=C(c4c(F)cccc4F)c4cc5oc(-c6cccc(F)c6)cc5n4[B-](F)(F)[N+]=32)c1. The smallest absolute Gasteiger partial charge is 0.455 e. The zero-order valence-electron chi connectivity index (χ0n) is 21.2. The van der Waals surface area contributed by atoms with Crippen molar-refractivity contribution in [3.63, 3.8) is 0 Å². The summed E-state index contributed by atoms with van der Waals surface area (Å²) >= 11 is 0. The second-order valence-corrected chi connectivity index (χ2v) is 10.1. The molecule has 3 aromatic heterocycles. The zero-order valence-corrected chi connectivity index (χ0v) is 21.2. The van der Waals surface area contributed by atoms with Gasteiger partial charge in [0.05, 0.1) is 28.8 Å². The molecule has 3 aromatic carbocycles. The van der Waals surface area contributed by atoms with Gasteiger partial charge in [0.1, 0.15) is 40.4 Å². The number of aromatic nitrogens is 1. The van der Waals surface area contributed by atoms with E-state index < -0.39 is 35.8 Å². The molecule has 2 aliphatic rings. The molecule has 0 aliphatic carbocycles. The van der Waals surface area contributed by atoms with Crippen LogP contribution in [0.15, 0.2) is 99.5 Å². The predicted molar refractivity (Wildman–Crippen MR) is 144 cm³/mol. The summed E-state index contributed by atoms with van der Waals surface area (Å²) in [5, 5.41) is -0.0511. The van der Waals surface area contributed by atoms with Gasteiger partial charge in [0, 0.05) is 29.0 Å². The highest BCUT2D eigenvalue weighted by Crippen LogP contribution is 2.43. The highest BCUT2D eigenvalue weighted by molar-refractivity contribution is 6.65. The second kappa shape index (κ2) is 8.42. The molecule has 0 amide bonds. The van der Waals surface area contributed by atoms with E-state index in [4.69, 9.17) is 8.83 Å². The molecule has 8 rings (SSSR count). The van der Waals surface area contributed by atoms with Crippen LogP contribution in [0.5, 0.6) is 0 Å². The van der Waals surface area contributed by atoms with Crippen LogP contribution in [0.1, 0.15) is 11.3 Å². The van der Waals surface area contributed by atoms with Crippen LogP contribution in [0.2, 0.25) is 0 Å². The summed E-state index contributed by atoms with van der Waals surface area (Å²) in [6.07, 6.45) is 1.30. The van der Waals surface area contributed by atoms with Gasteiger partial charge in [-0.1, -0.05) is 30.3 Å². The minimum Gasteiger partial charge on any atom is -0.455 e. The molecule has 0 bridgehead atoms. The molecule has 4 nitrogen and oxygen atoms in total. The van der Waals surface area contributed by atoms with E-state index in [1.54, 1.807) is 12.1 Å². The third-order valence-electron chi connectivity index (χ3n) is 7.62. The van der Waals surface area contributed by atoms with Gasteiger partial charge in [0.25, 0.3) is 0 Å². The molecule has 0 saturated heterocycles. The summed E-state index contributed by atoms with van der Waals surface area (Å²) in [5.41, 5.74) is -0.305. The van der Waals surface area contributed by atoms with E-state index in [1.165, 1.54) is 66.7 Å². The van der Waals surface area contributed by atoms with Crippen molar-refractivity contribution in [2.24, 2.45) is 0 Å². The first-order valence-electron chi connectivity index (χ1n) is 12.9. The molecular formula is C31H15BF6N2O2. The fourth-order valence-corrected chi connectivity index (χ4v) is 5.88. The van der Waals surface area contributed by atoms with E-state index in [0.717, 1.165) is 12.1 Å². The minimum atomic E-state index is -4.70. The Bertz CT molecular complexity index is 2280. The Balaban J connectivity index is 1.45. The van der Waals surface area contributed by atoms with Crippen LogP contribution in [-0.4, -0.2) is 11.4 Å². The molecule has 2 aliphatic heterocycles. The molecule has 206 valence electrons. The highest BCUT2D eigenvalue weighted by Gasteiger charge is 2.55. The molecule has 0 atom stereocenters. The molecule has 0 saturated carbocycles. The van der Waals surface area contributed by atoms with Crippen LogP contribution in [0.25, 0.3) is 45.4 Å². The van der Waals surface area contributed by atoms with Crippen molar-refractivity contribution >= 4 is 29.7 Å². The quantitative estimate of drug-likeness (QED) is 0.175. The van der Waals surface area contributed by atoms with Crippen LogP contribution < -0.4 is 15.3 Å². The molecule has 0 radical (unpaired) electrons. The number of furan rings is 2. The van der Waals surface area contributed by atoms with Gasteiger partial charge in [-0.25, -0.2) is 17.6 Å². The van der Waals surface area contributed by atoms with Crippen molar-refractivity contribution in [1.29, 1.82) is 0 Å². The lowest BCUT2D eigenvalue weighted by molar-refractivity contribution is 0.512. The van der Waals surface area contributed by atoms with E-state index in [9.17, 15) is 8.78 Å². The lowest BCUT2D eigenvalue weighted by Gasteiger charge is -2.31. The number of benzene rings is 3. The van der Waals surface area contributed by atoms with E-state index in [-0.39, 0.29) is 50.4 Å². The van der Waals surface area contributed by atoms with Crippen LogP contribution in [0.4, 0.5) is 26.2 Å². The summed E-state index contributed by atoms with van der Waals surface area (Å²) in [6.45, 7) is -4.70. The Morgan fingerprint density at radius 1 is 0.690 bits per heavy atom. The van der Waals surface area contributed by atoms with Gasteiger partial charge in [-0.15, -0.1) is 0 Å². The lowest BCUT2D eigenvalue weighted by Crippen LogP contribution is -2.56. The molecule has 11 heteroatoms. The van der Waals surface area contributed by atoms with E-state index >= 15 is 17.4 Å². The molecule has 0 N–H and O–H groups in total. The van der Waals surface area contributed by atoms with Crippen molar-refractivity contribution in [3.05, 3.63) is 136 Å². The predicted octanol–water partition coefficient (Wildman–Crippen LogP) is 6.70. The van der Waals surface area contributed by atoms with Crippen molar-refractivity contribution in [2.45, 2.75) is 0 Å². The van der Waals surface area contributed by atoms with Gasteiger partial charge < -0.3 is 26.4 Å². The van der Waals surface area contributed by atoms with Gasteiger partial charge in [-0.2, -0.15) is 0 Å². The minimum absolute atomic E-state index is 0.0229. The first-order valence-corrected chi connectivity index (χ1v) is 12.9. The first-order chi connectivity index (χ1) is 20.2. The maximum atomic E-state index is 16.7. The third kappa shape index (κ3) is 3.36. The molecule has 0 fully saturated rings. The summed E-state index contributed by atoms with van der Waals surface area (Å²) in [7, 11) is 0. The van der Waals surface area contributed by atoms with E-state index in [2.05, 4.69) is 0 Å². The maximum Gasteiger partial charge on any atom is 0.738 e. The lowest BCUT2D eigenvalue weighted by atomic mass is 9.85. The van der Waals surface area contributed by atoms with Crippen LogP contribution in [0.3, 0.4) is 0 Å². The van der Waals surface area contributed by atoms with Gasteiger partial charge >= 0.3 is 6.97 Å². The fourth-order valence-electron chi connectivity index (χ4n) is 5.88. The van der Waals surface area contributed by atoms with Crippen molar-refractivity contribution in [3.8, 4) is 22.6 Å². The highest BCUT2D eigenvalue weighted by atomic mass is 19.2. The van der Waals surface area contributed by atoms with Gasteiger partial charge in [-0.05, 0) is 36.4 Å². The van der Waals surface area contributed by atoms with Crippen molar-refractivity contribution in [1.82, 2.24) is 8.96 Å². The Labute approximate surface area is 232 Å². The Morgan fingerprint density at radius 2 is 1.31 bits per heavy atom. The molecular weight excluding hydrogens is 557 g/mol. The first kappa shape index (κ1) is 24.6. The number of halogens is 6. The normalized spacial score (nSPS) is 15.1. The van der Waals surface area contributed by atoms with Crippen LogP contribution in [0, 0.1) is 23.3 Å². The summed E-state index contributed by atoms with van der Waals surface area (Å²) in [5.74, 6) is -2.69. The van der Waals surface area contributed by atoms with E-state index in [1.807, 2.05) is 0 Å².